The highest BCUT2D eigenvalue weighted by molar-refractivity contribution is 5.78. The predicted molar refractivity (Wildman–Crippen MR) is 92.4 cm³/mol. The van der Waals surface area contributed by atoms with Crippen LogP contribution in [0, 0.1) is 5.92 Å². The summed E-state index contributed by atoms with van der Waals surface area (Å²) >= 11 is 0. The maximum absolute atomic E-state index is 12.1. The van der Waals surface area contributed by atoms with Gasteiger partial charge in [-0.3, -0.25) is 14.5 Å². The van der Waals surface area contributed by atoms with Gasteiger partial charge in [0.1, 0.15) is 5.75 Å². The molecule has 0 spiro atoms. The maximum Gasteiger partial charge on any atom is 0.255 e. The van der Waals surface area contributed by atoms with Crippen LogP contribution in [0.15, 0.2) is 24.3 Å². The first-order valence-electron chi connectivity index (χ1n) is 8.52. The fraction of sp³-hybridized carbons (Fsp3) is 0.556. The van der Waals surface area contributed by atoms with Gasteiger partial charge < -0.3 is 15.8 Å². The third-order valence-electron chi connectivity index (χ3n) is 4.27. The van der Waals surface area contributed by atoms with E-state index in [-0.39, 0.29) is 12.5 Å². The monoisotopic (exact) mass is 333 g/mol. The van der Waals surface area contributed by atoms with Gasteiger partial charge in [-0.1, -0.05) is 19.1 Å². The van der Waals surface area contributed by atoms with Gasteiger partial charge in [-0.05, 0) is 56.0 Å². The second-order valence-electron chi connectivity index (χ2n) is 6.49. The van der Waals surface area contributed by atoms with Crippen molar-refractivity contribution >= 4 is 11.8 Å². The number of nitrogens with two attached hydrogens (primary N) is 1. The average Bonchev–Trinajstić information content (AvgIpc) is 2.76. The summed E-state index contributed by atoms with van der Waals surface area (Å²) in [4.78, 5) is 25.0. The van der Waals surface area contributed by atoms with Crippen molar-refractivity contribution in [3.8, 4) is 5.75 Å². The van der Waals surface area contributed by atoms with Crippen LogP contribution >= 0.6 is 0 Å². The van der Waals surface area contributed by atoms with Gasteiger partial charge in [0.25, 0.3) is 5.91 Å². The minimum atomic E-state index is -0.505. The van der Waals surface area contributed by atoms with E-state index in [2.05, 4.69) is 17.1 Å². The SMILES string of the molecule is C[C@@H]1CCCN(CC(=O)NCc2ccc(OCC(N)=O)cc2)CC1. The molecule has 0 unspecified atom stereocenters. The Kier molecular flexibility index (Phi) is 7.06. The van der Waals surface area contributed by atoms with Crippen molar-refractivity contribution in [3.63, 3.8) is 0 Å². The number of benzene rings is 1. The molecule has 0 aliphatic carbocycles. The lowest BCUT2D eigenvalue weighted by molar-refractivity contribution is -0.122. The number of amides is 2. The number of hydrogen-bond acceptors (Lipinski definition) is 4. The molecule has 0 saturated carbocycles. The number of primary amides is 1. The molecule has 1 saturated heterocycles. The summed E-state index contributed by atoms with van der Waals surface area (Å²) in [5.74, 6) is 0.892. The Morgan fingerprint density at radius 2 is 2.00 bits per heavy atom. The summed E-state index contributed by atoms with van der Waals surface area (Å²) < 4.78 is 5.20. The van der Waals surface area contributed by atoms with Crippen molar-refractivity contribution in [1.29, 1.82) is 0 Å². The Morgan fingerprint density at radius 3 is 2.71 bits per heavy atom. The lowest BCUT2D eigenvalue weighted by Gasteiger charge is -2.19. The molecule has 2 rings (SSSR count). The smallest absolute Gasteiger partial charge is 0.255 e. The molecular weight excluding hydrogens is 306 g/mol. The molecule has 1 aromatic carbocycles. The molecule has 3 N–H and O–H groups in total. The lowest BCUT2D eigenvalue weighted by Crippen LogP contribution is -2.37. The topological polar surface area (TPSA) is 84.7 Å². The summed E-state index contributed by atoms with van der Waals surface area (Å²) in [6.07, 6.45) is 3.59. The molecule has 0 bridgehead atoms. The Morgan fingerprint density at radius 1 is 1.25 bits per heavy atom. The van der Waals surface area contributed by atoms with E-state index in [0.29, 0.717) is 18.8 Å². The predicted octanol–water partition coefficient (Wildman–Crippen LogP) is 1.29. The average molecular weight is 333 g/mol. The Labute approximate surface area is 143 Å². The second-order valence-corrected chi connectivity index (χ2v) is 6.49. The number of likely N-dealkylation sites (tertiary alicyclic amines) is 1. The molecule has 0 radical (unpaired) electrons. The van der Waals surface area contributed by atoms with E-state index < -0.39 is 5.91 Å². The molecule has 24 heavy (non-hydrogen) atoms. The number of hydrogen-bond donors (Lipinski definition) is 2. The molecule has 6 nitrogen and oxygen atoms in total. The minimum Gasteiger partial charge on any atom is -0.484 e. The quantitative estimate of drug-likeness (QED) is 0.787. The normalized spacial score (nSPS) is 18.6. The van der Waals surface area contributed by atoms with Gasteiger partial charge in [-0.2, -0.15) is 0 Å². The summed E-state index contributed by atoms with van der Waals surface area (Å²) in [6.45, 7) is 5.10. The van der Waals surface area contributed by atoms with E-state index in [1.165, 1.54) is 19.3 Å². The number of rotatable bonds is 7. The zero-order valence-electron chi connectivity index (χ0n) is 14.3. The fourth-order valence-electron chi connectivity index (χ4n) is 2.80. The van der Waals surface area contributed by atoms with Crippen molar-refractivity contribution in [2.75, 3.05) is 26.2 Å². The van der Waals surface area contributed by atoms with Crippen LogP contribution in [-0.4, -0.2) is 43.0 Å². The summed E-state index contributed by atoms with van der Waals surface area (Å²) in [7, 11) is 0. The fourth-order valence-corrected chi connectivity index (χ4v) is 2.80. The number of nitrogens with zero attached hydrogens (tertiary/aromatic N) is 1. The van der Waals surface area contributed by atoms with Gasteiger partial charge >= 0.3 is 0 Å². The van der Waals surface area contributed by atoms with Crippen molar-refractivity contribution < 1.29 is 14.3 Å². The van der Waals surface area contributed by atoms with Crippen LogP contribution in [0.3, 0.4) is 0 Å². The van der Waals surface area contributed by atoms with Gasteiger partial charge in [-0.25, -0.2) is 0 Å². The van der Waals surface area contributed by atoms with Crippen LogP contribution in [0.2, 0.25) is 0 Å². The van der Waals surface area contributed by atoms with Crippen molar-refractivity contribution in [2.45, 2.75) is 32.7 Å². The number of nitrogens with one attached hydrogen (secondary N) is 1. The molecule has 1 aliphatic heterocycles. The van der Waals surface area contributed by atoms with Gasteiger partial charge in [0, 0.05) is 6.54 Å². The van der Waals surface area contributed by atoms with E-state index in [9.17, 15) is 9.59 Å². The molecule has 1 fully saturated rings. The molecular formula is C18H27N3O3. The molecule has 1 aromatic rings. The van der Waals surface area contributed by atoms with E-state index in [4.69, 9.17) is 10.5 Å². The Hall–Kier alpha value is -2.08. The zero-order chi connectivity index (χ0) is 17.4. The van der Waals surface area contributed by atoms with E-state index >= 15 is 0 Å². The maximum atomic E-state index is 12.1. The van der Waals surface area contributed by atoms with E-state index in [1.54, 1.807) is 12.1 Å². The highest BCUT2D eigenvalue weighted by Crippen LogP contribution is 2.16. The van der Waals surface area contributed by atoms with Crippen LogP contribution in [0.1, 0.15) is 31.7 Å². The molecule has 1 heterocycles. The third kappa shape index (κ3) is 6.58. The summed E-state index contributed by atoms with van der Waals surface area (Å²) in [5, 5.41) is 2.95. The molecule has 6 heteroatoms. The number of ether oxygens (including phenoxy) is 1. The third-order valence-corrected chi connectivity index (χ3v) is 4.27. The lowest BCUT2D eigenvalue weighted by atomic mass is 10.0. The molecule has 2 amide bonds. The standard InChI is InChI=1S/C18H27N3O3/c1-14-3-2-9-21(10-8-14)12-18(23)20-11-15-4-6-16(7-5-15)24-13-17(19)22/h4-7,14H,2-3,8-13H2,1H3,(H2,19,22)(H,20,23)/t14-/m1/s1. The number of carbonyl (C=O) groups is 2. The van der Waals surface area contributed by atoms with Gasteiger partial charge in [0.15, 0.2) is 6.61 Å². The van der Waals surface area contributed by atoms with E-state index in [1.807, 2.05) is 12.1 Å². The zero-order valence-corrected chi connectivity index (χ0v) is 14.3. The molecule has 1 aliphatic rings. The summed E-state index contributed by atoms with van der Waals surface area (Å²) in [6, 6.07) is 7.26. The first-order valence-corrected chi connectivity index (χ1v) is 8.52. The van der Waals surface area contributed by atoms with Crippen LogP contribution < -0.4 is 15.8 Å². The van der Waals surface area contributed by atoms with Crippen LogP contribution in [0.4, 0.5) is 0 Å². The first-order chi connectivity index (χ1) is 11.5. The van der Waals surface area contributed by atoms with Crippen molar-refractivity contribution in [1.82, 2.24) is 10.2 Å². The second kappa shape index (κ2) is 9.27. The van der Waals surface area contributed by atoms with Crippen LogP contribution in [0.5, 0.6) is 5.75 Å². The molecule has 0 aromatic heterocycles. The Balaban J connectivity index is 1.72. The Bertz CT molecular complexity index is 545. The van der Waals surface area contributed by atoms with Gasteiger partial charge in [-0.15, -0.1) is 0 Å². The first kappa shape index (κ1) is 18.3. The highest BCUT2D eigenvalue weighted by atomic mass is 16.5. The van der Waals surface area contributed by atoms with Crippen molar-refractivity contribution in [3.05, 3.63) is 29.8 Å². The van der Waals surface area contributed by atoms with E-state index in [0.717, 1.165) is 24.6 Å². The van der Waals surface area contributed by atoms with Crippen molar-refractivity contribution in [2.24, 2.45) is 11.7 Å². The van der Waals surface area contributed by atoms with Gasteiger partial charge in [0.05, 0.1) is 6.54 Å². The minimum absolute atomic E-state index is 0.0543. The summed E-state index contributed by atoms with van der Waals surface area (Å²) in [5.41, 5.74) is 6.02. The van der Waals surface area contributed by atoms with Crippen LogP contribution in [0.25, 0.3) is 0 Å². The van der Waals surface area contributed by atoms with Gasteiger partial charge in [0.2, 0.25) is 5.91 Å². The molecule has 132 valence electrons. The highest BCUT2D eigenvalue weighted by Gasteiger charge is 2.16. The van der Waals surface area contributed by atoms with Crippen LogP contribution in [-0.2, 0) is 16.1 Å². The largest absolute Gasteiger partial charge is 0.484 e. The number of carbonyl (C=O) groups excluding carboxylic acids is 2. The molecule has 1 atom stereocenters.